The van der Waals surface area contributed by atoms with Crippen molar-refractivity contribution in [3.05, 3.63) is 51.8 Å². The van der Waals surface area contributed by atoms with Crippen LogP contribution in [0.3, 0.4) is 0 Å². The van der Waals surface area contributed by atoms with Crippen molar-refractivity contribution in [2.45, 2.75) is 32.8 Å². The summed E-state index contributed by atoms with van der Waals surface area (Å²) in [5.41, 5.74) is 3.80. The third-order valence-electron chi connectivity index (χ3n) is 3.44. The number of hydrogen-bond donors (Lipinski definition) is 1. The molecule has 0 bridgehead atoms. The fraction of sp³-hybridized carbons (Fsp3) is 0.400. The maximum atomic E-state index is 10.4. The highest BCUT2D eigenvalue weighted by atomic mass is 35.5. The zero-order chi connectivity index (χ0) is 14.0. The Morgan fingerprint density at radius 1 is 1.37 bits per heavy atom. The average molecular weight is 279 g/mol. The van der Waals surface area contributed by atoms with Crippen molar-refractivity contribution in [2.24, 2.45) is 7.05 Å². The second kappa shape index (κ2) is 5.76. The zero-order valence-electron chi connectivity index (χ0n) is 11.5. The van der Waals surface area contributed by atoms with E-state index in [-0.39, 0.29) is 0 Å². The van der Waals surface area contributed by atoms with Gasteiger partial charge in [0, 0.05) is 13.5 Å². The predicted molar refractivity (Wildman–Crippen MR) is 77.4 cm³/mol. The molecule has 2 aromatic rings. The molecular weight excluding hydrogens is 260 g/mol. The fourth-order valence-corrected chi connectivity index (χ4v) is 2.67. The predicted octanol–water partition coefficient (Wildman–Crippen LogP) is 3.22. The second-order valence-electron chi connectivity index (χ2n) is 4.76. The van der Waals surface area contributed by atoms with Crippen LogP contribution in [-0.2, 0) is 19.9 Å². The molecule has 102 valence electrons. The number of rotatable bonds is 4. The van der Waals surface area contributed by atoms with Gasteiger partial charge in [0.1, 0.15) is 0 Å². The minimum Gasteiger partial charge on any atom is -0.388 e. The Balaban J connectivity index is 2.27. The molecule has 0 amide bonds. The van der Waals surface area contributed by atoms with E-state index in [2.05, 4.69) is 5.10 Å². The molecule has 0 fully saturated rings. The largest absolute Gasteiger partial charge is 0.388 e. The lowest BCUT2D eigenvalue weighted by molar-refractivity contribution is 0.175. The van der Waals surface area contributed by atoms with E-state index >= 15 is 0 Å². The summed E-state index contributed by atoms with van der Waals surface area (Å²) in [6.07, 6.45) is 0.721. The number of aliphatic hydroxyl groups excluding tert-OH is 1. The summed E-state index contributed by atoms with van der Waals surface area (Å²) in [5, 5.41) is 15.4. The van der Waals surface area contributed by atoms with Gasteiger partial charge in [-0.05, 0) is 24.5 Å². The Bertz CT molecular complexity index is 578. The lowest BCUT2D eigenvalue weighted by Gasteiger charge is -2.14. The van der Waals surface area contributed by atoms with Crippen LogP contribution in [0.15, 0.2) is 24.3 Å². The van der Waals surface area contributed by atoms with Crippen molar-refractivity contribution in [1.29, 1.82) is 0 Å². The van der Waals surface area contributed by atoms with E-state index in [9.17, 15) is 5.11 Å². The molecule has 1 N–H and O–H groups in total. The van der Waals surface area contributed by atoms with E-state index in [0.717, 1.165) is 28.9 Å². The summed E-state index contributed by atoms with van der Waals surface area (Å²) in [6.45, 7) is 4.02. The number of nitrogens with zero attached hydrogens (tertiary/aromatic N) is 2. The number of aromatic nitrogens is 2. The first kappa shape index (κ1) is 14.1. The van der Waals surface area contributed by atoms with Crippen LogP contribution >= 0.6 is 11.6 Å². The molecule has 0 radical (unpaired) electrons. The van der Waals surface area contributed by atoms with E-state index in [4.69, 9.17) is 11.6 Å². The maximum Gasteiger partial charge on any atom is 0.0850 e. The molecule has 0 aliphatic rings. The van der Waals surface area contributed by atoms with E-state index in [1.807, 2.05) is 45.2 Å². The normalized spacial score (nSPS) is 12.7. The molecule has 0 saturated carbocycles. The Labute approximate surface area is 118 Å². The van der Waals surface area contributed by atoms with Crippen LogP contribution in [0.25, 0.3) is 0 Å². The van der Waals surface area contributed by atoms with E-state index in [0.29, 0.717) is 11.4 Å². The Hall–Kier alpha value is -1.32. The molecule has 1 aromatic carbocycles. The van der Waals surface area contributed by atoms with Crippen molar-refractivity contribution in [3.8, 4) is 0 Å². The second-order valence-corrected chi connectivity index (χ2v) is 5.14. The Kier molecular flexibility index (Phi) is 4.27. The lowest BCUT2D eigenvalue weighted by atomic mass is 10.00. The maximum absolute atomic E-state index is 10.4. The molecule has 1 heterocycles. The number of hydrogen-bond acceptors (Lipinski definition) is 2. The highest BCUT2D eigenvalue weighted by molar-refractivity contribution is 6.31. The van der Waals surface area contributed by atoms with Crippen LogP contribution < -0.4 is 0 Å². The van der Waals surface area contributed by atoms with Crippen molar-refractivity contribution in [1.82, 2.24) is 9.78 Å². The molecule has 19 heavy (non-hydrogen) atoms. The van der Waals surface area contributed by atoms with Gasteiger partial charge in [-0.15, -0.1) is 0 Å². The molecule has 2 rings (SSSR count). The van der Waals surface area contributed by atoms with Crippen LogP contribution in [0, 0.1) is 6.92 Å². The molecule has 1 atom stereocenters. The van der Waals surface area contributed by atoms with Gasteiger partial charge < -0.3 is 5.11 Å². The molecule has 0 aliphatic heterocycles. The summed E-state index contributed by atoms with van der Waals surface area (Å²) in [7, 11) is 1.87. The standard InChI is InChI=1S/C15H19ClN2O/c1-4-12-15(16)13(18(3)17-12)9-14(19)11-8-6-5-7-10(11)2/h5-8,14,19H,4,9H2,1-3H3. The van der Waals surface area contributed by atoms with Gasteiger partial charge >= 0.3 is 0 Å². The minimum atomic E-state index is -0.557. The number of benzene rings is 1. The summed E-state index contributed by atoms with van der Waals surface area (Å²) >= 11 is 6.31. The first-order valence-corrected chi connectivity index (χ1v) is 6.86. The number of aliphatic hydroxyl groups is 1. The Morgan fingerprint density at radius 2 is 2.05 bits per heavy atom. The molecule has 3 nitrogen and oxygen atoms in total. The van der Waals surface area contributed by atoms with Crippen molar-refractivity contribution in [2.75, 3.05) is 0 Å². The summed E-state index contributed by atoms with van der Waals surface area (Å²) in [4.78, 5) is 0. The molecule has 0 spiro atoms. The topological polar surface area (TPSA) is 38.0 Å². The van der Waals surface area contributed by atoms with E-state index in [1.54, 1.807) is 4.68 Å². The highest BCUT2D eigenvalue weighted by Gasteiger charge is 2.18. The molecule has 1 unspecified atom stereocenters. The average Bonchev–Trinajstić information content (AvgIpc) is 2.66. The van der Waals surface area contributed by atoms with Crippen LogP contribution in [-0.4, -0.2) is 14.9 Å². The monoisotopic (exact) mass is 278 g/mol. The molecule has 1 aromatic heterocycles. The van der Waals surface area contributed by atoms with Crippen LogP contribution in [0.2, 0.25) is 5.02 Å². The smallest absolute Gasteiger partial charge is 0.0850 e. The molecule has 0 saturated heterocycles. The number of aryl methyl sites for hydroxylation is 3. The molecule has 0 aliphatic carbocycles. The lowest BCUT2D eigenvalue weighted by Crippen LogP contribution is -2.08. The van der Waals surface area contributed by atoms with Crippen LogP contribution in [0.1, 0.15) is 35.5 Å². The summed E-state index contributed by atoms with van der Waals surface area (Å²) in [5.74, 6) is 0. The van der Waals surface area contributed by atoms with Gasteiger partial charge in [0.2, 0.25) is 0 Å². The fourth-order valence-electron chi connectivity index (χ4n) is 2.30. The van der Waals surface area contributed by atoms with Crippen LogP contribution in [0.4, 0.5) is 0 Å². The first-order valence-electron chi connectivity index (χ1n) is 6.48. The van der Waals surface area contributed by atoms with E-state index < -0.39 is 6.10 Å². The van der Waals surface area contributed by atoms with Gasteiger partial charge in [0.05, 0.1) is 22.5 Å². The van der Waals surface area contributed by atoms with Gasteiger partial charge in [0.25, 0.3) is 0 Å². The first-order chi connectivity index (χ1) is 9.04. The third kappa shape index (κ3) is 2.82. The van der Waals surface area contributed by atoms with Crippen molar-refractivity contribution in [3.63, 3.8) is 0 Å². The third-order valence-corrected chi connectivity index (χ3v) is 3.87. The van der Waals surface area contributed by atoms with Crippen molar-refractivity contribution >= 4 is 11.6 Å². The minimum absolute atomic E-state index is 0.479. The molecular formula is C15H19ClN2O. The van der Waals surface area contributed by atoms with Gasteiger partial charge in [-0.25, -0.2) is 0 Å². The van der Waals surface area contributed by atoms with Crippen LogP contribution in [0.5, 0.6) is 0 Å². The SMILES string of the molecule is CCc1nn(C)c(CC(O)c2ccccc2C)c1Cl. The quantitative estimate of drug-likeness (QED) is 0.932. The van der Waals surface area contributed by atoms with Gasteiger partial charge in [-0.1, -0.05) is 42.8 Å². The van der Waals surface area contributed by atoms with Gasteiger partial charge in [0.15, 0.2) is 0 Å². The zero-order valence-corrected chi connectivity index (χ0v) is 12.3. The summed E-state index contributed by atoms with van der Waals surface area (Å²) in [6, 6.07) is 7.86. The molecule has 4 heteroatoms. The Morgan fingerprint density at radius 3 is 2.63 bits per heavy atom. The number of halogens is 1. The summed E-state index contributed by atoms with van der Waals surface area (Å²) < 4.78 is 1.77. The van der Waals surface area contributed by atoms with Gasteiger partial charge in [-0.2, -0.15) is 5.10 Å². The highest BCUT2D eigenvalue weighted by Crippen LogP contribution is 2.27. The van der Waals surface area contributed by atoms with Crippen molar-refractivity contribution < 1.29 is 5.11 Å². The van der Waals surface area contributed by atoms with E-state index in [1.165, 1.54) is 0 Å². The van der Waals surface area contributed by atoms with Gasteiger partial charge in [-0.3, -0.25) is 4.68 Å².